The zero-order valence-corrected chi connectivity index (χ0v) is 13.4. The number of anilines is 1. The van der Waals surface area contributed by atoms with Gasteiger partial charge in [0.25, 0.3) is 5.69 Å². The molecule has 0 aromatic heterocycles. The fourth-order valence-electron chi connectivity index (χ4n) is 2.55. The van der Waals surface area contributed by atoms with E-state index in [9.17, 15) is 10.1 Å². The molecule has 1 unspecified atom stereocenters. The van der Waals surface area contributed by atoms with Crippen molar-refractivity contribution >= 4 is 27.3 Å². The van der Waals surface area contributed by atoms with Crippen molar-refractivity contribution in [3.8, 4) is 0 Å². The van der Waals surface area contributed by atoms with Crippen LogP contribution in [0, 0.1) is 10.1 Å². The number of halogens is 1. The average molecular weight is 363 g/mol. The second-order valence-corrected chi connectivity index (χ2v) is 6.05. The molecule has 1 atom stereocenters. The first kappa shape index (κ1) is 15.0. The molecule has 1 heterocycles. The van der Waals surface area contributed by atoms with E-state index < -0.39 is 0 Å². The molecule has 6 heteroatoms. The van der Waals surface area contributed by atoms with Crippen LogP contribution in [0.15, 0.2) is 53.0 Å². The standard InChI is InChI=1S/C16H15BrN2O3/c17-13-3-1-12(2-4-13)16-11-18(9-10-22-16)14-5-7-15(8-6-14)19(20)21/h1-8,16H,9-11H2. The molecule has 1 fully saturated rings. The van der Waals surface area contributed by atoms with Crippen molar-refractivity contribution in [3.63, 3.8) is 0 Å². The third-order valence-corrected chi connectivity index (χ3v) is 4.26. The molecule has 0 N–H and O–H groups in total. The van der Waals surface area contributed by atoms with Crippen molar-refractivity contribution < 1.29 is 9.66 Å². The van der Waals surface area contributed by atoms with Crippen molar-refractivity contribution in [1.29, 1.82) is 0 Å². The Morgan fingerprint density at radius 3 is 2.45 bits per heavy atom. The van der Waals surface area contributed by atoms with Crippen molar-refractivity contribution in [3.05, 3.63) is 68.7 Å². The number of ether oxygens (including phenoxy) is 1. The topological polar surface area (TPSA) is 55.6 Å². The molecule has 0 radical (unpaired) electrons. The van der Waals surface area contributed by atoms with Crippen LogP contribution in [-0.4, -0.2) is 24.6 Å². The van der Waals surface area contributed by atoms with E-state index in [-0.39, 0.29) is 16.7 Å². The molecule has 0 amide bonds. The smallest absolute Gasteiger partial charge is 0.269 e. The highest BCUT2D eigenvalue weighted by molar-refractivity contribution is 9.10. The van der Waals surface area contributed by atoms with Gasteiger partial charge >= 0.3 is 0 Å². The quantitative estimate of drug-likeness (QED) is 0.612. The van der Waals surface area contributed by atoms with Gasteiger partial charge in [-0.3, -0.25) is 10.1 Å². The van der Waals surface area contributed by atoms with Gasteiger partial charge in [0.2, 0.25) is 0 Å². The lowest BCUT2D eigenvalue weighted by Gasteiger charge is -2.34. The maximum Gasteiger partial charge on any atom is 0.269 e. The van der Waals surface area contributed by atoms with Crippen LogP contribution in [0.3, 0.4) is 0 Å². The van der Waals surface area contributed by atoms with Gasteiger partial charge in [-0.05, 0) is 29.8 Å². The van der Waals surface area contributed by atoms with E-state index in [0.29, 0.717) is 6.61 Å². The minimum absolute atomic E-state index is 0.0111. The summed E-state index contributed by atoms with van der Waals surface area (Å²) in [5.74, 6) is 0. The summed E-state index contributed by atoms with van der Waals surface area (Å²) in [5, 5.41) is 10.7. The zero-order valence-electron chi connectivity index (χ0n) is 11.8. The number of non-ortho nitro benzene ring substituents is 1. The predicted molar refractivity (Wildman–Crippen MR) is 88.1 cm³/mol. The Balaban J connectivity index is 1.75. The van der Waals surface area contributed by atoms with Crippen molar-refractivity contribution in [2.45, 2.75) is 6.10 Å². The molecule has 3 rings (SSSR count). The van der Waals surface area contributed by atoms with Crippen LogP contribution in [0.25, 0.3) is 0 Å². The molecular weight excluding hydrogens is 348 g/mol. The summed E-state index contributed by atoms with van der Waals surface area (Å²) < 4.78 is 6.89. The van der Waals surface area contributed by atoms with E-state index in [1.807, 2.05) is 24.3 Å². The summed E-state index contributed by atoms with van der Waals surface area (Å²) in [5.41, 5.74) is 2.23. The maximum atomic E-state index is 10.7. The number of morpholine rings is 1. The van der Waals surface area contributed by atoms with E-state index >= 15 is 0 Å². The third kappa shape index (κ3) is 3.28. The molecule has 0 bridgehead atoms. The van der Waals surface area contributed by atoms with E-state index in [0.717, 1.165) is 28.8 Å². The van der Waals surface area contributed by atoms with Gasteiger partial charge in [-0.15, -0.1) is 0 Å². The highest BCUT2D eigenvalue weighted by Crippen LogP contribution is 2.28. The number of nitro benzene ring substituents is 1. The molecule has 1 aliphatic rings. The van der Waals surface area contributed by atoms with Gasteiger partial charge in [0.1, 0.15) is 6.10 Å². The van der Waals surface area contributed by atoms with Gasteiger partial charge in [0.05, 0.1) is 11.5 Å². The fourth-order valence-corrected chi connectivity index (χ4v) is 2.81. The van der Waals surface area contributed by atoms with Crippen LogP contribution in [0.2, 0.25) is 0 Å². The molecular formula is C16H15BrN2O3. The SMILES string of the molecule is O=[N+]([O-])c1ccc(N2CCOC(c3ccc(Br)cc3)C2)cc1. The third-order valence-electron chi connectivity index (χ3n) is 3.73. The van der Waals surface area contributed by atoms with Crippen LogP contribution in [0.5, 0.6) is 0 Å². The first-order valence-corrected chi connectivity index (χ1v) is 7.79. The lowest BCUT2D eigenvalue weighted by Crippen LogP contribution is -2.38. The Hall–Kier alpha value is -1.92. The lowest BCUT2D eigenvalue weighted by molar-refractivity contribution is -0.384. The van der Waals surface area contributed by atoms with Gasteiger partial charge in [0, 0.05) is 35.4 Å². The summed E-state index contributed by atoms with van der Waals surface area (Å²) in [7, 11) is 0. The molecule has 0 saturated carbocycles. The molecule has 0 spiro atoms. The van der Waals surface area contributed by atoms with Crippen LogP contribution in [0.4, 0.5) is 11.4 Å². The Bertz CT molecular complexity index is 658. The first-order valence-electron chi connectivity index (χ1n) is 7.00. The van der Waals surface area contributed by atoms with Gasteiger partial charge < -0.3 is 9.64 Å². The van der Waals surface area contributed by atoms with Crippen LogP contribution in [0.1, 0.15) is 11.7 Å². The predicted octanol–water partition coefficient (Wildman–Crippen LogP) is 3.94. The highest BCUT2D eigenvalue weighted by Gasteiger charge is 2.22. The molecule has 22 heavy (non-hydrogen) atoms. The van der Waals surface area contributed by atoms with E-state index in [4.69, 9.17) is 4.74 Å². The van der Waals surface area contributed by atoms with Gasteiger partial charge in [-0.25, -0.2) is 0 Å². The van der Waals surface area contributed by atoms with Crippen LogP contribution < -0.4 is 4.90 Å². The van der Waals surface area contributed by atoms with E-state index in [1.54, 1.807) is 24.3 Å². The summed E-state index contributed by atoms with van der Waals surface area (Å²) >= 11 is 3.43. The lowest BCUT2D eigenvalue weighted by atomic mass is 10.1. The summed E-state index contributed by atoms with van der Waals surface area (Å²) in [6.45, 7) is 2.15. The van der Waals surface area contributed by atoms with Gasteiger partial charge in [-0.1, -0.05) is 28.1 Å². The van der Waals surface area contributed by atoms with E-state index in [2.05, 4.69) is 20.8 Å². The Morgan fingerprint density at radius 2 is 1.82 bits per heavy atom. The number of hydrogen-bond donors (Lipinski definition) is 0. The largest absolute Gasteiger partial charge is 0.370 e. The molecule has 114 valence electrons. The highest BCUT2D eigenvalue weighted by atomic mass is 79.9. The molecule has 1 saturated heterocycles. The van der Waals surface area contributed by atoms with Crippen LogP contribution in [-0.2, 0) is 4.74 Å². The maximum absolute atomic E-state index is 10.7. The van der Waals surface area contributed by atoms with Crippen molar-refractivity contribution in [2.24, 2.45) is 0 Å². The van der Waals surface area contributed by atoms with E-state index in [1.165, 1.54) is 0 Å². The number of benzene rings is 2. The number of rotatable bonds is 3. The molecule has 2 aromatic rings. The minimum atomic E-state index is -0.381. The molecule has 2 aromatic carbocycles. The number of nitro groups is 1. The van der Waals surface area contributed by atoms with Gasteiger partial charge in [-0.2, -0.15) is 0 Å². The first-order chi connectivity index (χ1) is 10.6. The number of nitrogens with zero attached hydrogens (tertiary/aromatic N) is 2. The Labute approximate surface area is 136 Å². The molecule has 0 aliphatic carbocycles. The molecule has 1 aliphatic heterocycles. The fraction of sp³-hybridized carbons (Fsp3) is 0.250. The van der Waals surface area contributed by atoms with Gasteiger partial charge in [0.15, 0.2) is 0 Å². The summed E-state index contributed by atoms with van der Waals surface area (Å²) in [6, 6.07) is 14.8. The zero-order chi connectivity index (χ0) is 15.5. The second kappa shape index (κ2) is 6.46. The normalized spacial score (nSPS) is 18.2. The number of hydrogen-bond acceptors (Lipinski definition) is 4. The summed E-state index contributed by atoms with van der Waals surface area (Å²) in [4.78, 5) is 12.5. The Kier molecular flexibility index (Phi) is 4.40. The molecule has 5 nitrogen and oxygen atoms in total. The second-order valence-electron chi connectivity index (χ2n) is 5.13. The minimum Gasteiger partial charge on any atom is -0.370 e. The van der Waals surface area contributed by atoms with Crippen molar-refractivity contribution in [2.75, 3.05) is 24.6 Å². The monoisotopic (exact) mass is 362 g/mol. The van der Waals surface area contributed by atoms with Crippen LogP contribution >= 0.6 is 15.9 Å². The summed E-state index contributed by atoms with van der Waals surface area (Å²) in [6.07, 6.45) is 0.0111. The average Bonchev–Trinajstić information content (AvgIpc) is 2.56. The Morgan fingerprint density at radius 1 is 1.14 bits per heavy atom. The van der Waals surface area contributed by atoms with Crippen molar-refractivity contribution in [1.82, 2.24) is 0 Å².